The number of aliphatic hydroxyl groups is 1. The molecule has 1 atom stereocenters. The van der Waals surface area contributed by atoms with Gasteiger partial charge in [0.15, 0.2) is 0 Å². The molecule has 6 heteroatoms. The fourth-order valence-electron chi connectivity index (χ4n) is 1.76. The summed E-state index contributed by atoms with van der Waals surface area (Å²) in [5.41, 5.74) is 11.7. The van der Waals surface area contributed by atoms with Gasteiger partial charge in [0.05, 0.1) is 19.2 Å². The molecule has 19 heavy (non-hydrogen) atoms. The van der Waals surface area contributed by atoms with Crippen molar-refractivity contribution in [2.24, 2.45) is 11.5 Å². The summed E-state index contributed by atoms with van der Waals surface area (Å²) in [6.45, 7) is 1.71. The summed E-state index contributed by atoms with van der Waals surface area (Å²) in [4.78, 5) is 23.4. The van der Waals surface area contributed by atoms with Crippen LogP contribution in [0.15, 0.2) is 24.3 Å². The zero-order valence-electron chi connectivity index (χ0n) is 10.9. The third kappa shape index (κ3) is 4.59. The Kier molecular flexibility index (Phi) is 5.32. The van der Waals surface area contributed by atoms with Crippen LogP contribution in [0.3, 0.4) is 0 Å². The average molecular weight is 265 g/mol. The van der Waals surface area contributed by atoms with E-state index in [-0.39, 0.29) is 13.1 Å². The quantitative estimate of drug-likeness (QED) is 0.639. The summed E-state index contributed by atoms with van der Waals surface area (Å²) in [5.74, 6) is -1.09. The SMILES string of the molecule is CCC(O)c1ccc(N(CC(N)=O)CC(N)=O)cc1. The molecule has 1 unspecified atom stereocenters. The molecule has 0 saturated carbocycles. The number of primary amides is 2. The molecule has 6 nitrogen and oxygen atoms in total. The normalized spacial score (nSPS) is 11.9. The van der Waals surface area contributed by atoms with Crippen molar-refractivity contribution < 1.29 is 14.7 Å². The highest BCUT2D eigenvalue weighted by atomic mass is 16.3. The van der Waals surface area contributed by atoms with Gasteiger partial charge in [0.1, 0.15) is 0 Å². The third-order valence-electron chi connectivity index (χ3n) is 2.72. The molecule has 0 aliphatic heterocycles. The molecule has 0 heterocycles. The first kappa shape index (κ1) is 15.0. The highest BCUT2D eigenvalue weighted by Crippen LogP contribution is 2.20. The van der Waals surface area contributed by atoms with Crippen LogP contribution in [0.5, 0.6) is 0 Å². The Morgan fingerprint density at radius 3 is 2.00 bits per heavy atom. The Morgan fingerprint density at radius 1 is 1.16 bits per heavy atom. The Hall–Kier alpha value is -2.08. The van der Waals surface area contributed by atoms with Crippen LogP contribution in [0, 0.1) is 0 Å². The second-order valence-electron chi connectivity index (χ2n) is 4.30. The van der Waals surface area contributed by atoms with E-state index in [1.165, 1.54) is 4.90 Å². The minimum absolute atomic E-state index is 0.0847. The van der Waals surface area contributed by atoms with Gasteiger partial charge >= 0.3 is 0 Å². The number of carbonyl (C=O) groups excluding carboxylic acids is 2. The fraction of sp³-hybridized carbons (Fsp3) is 0.385. The number of anilines is 1. The topological polar surface area (TPSA) is 110 Å². The van der Waals surface area contributed by atoms with Gasteiger partial charge in [0.25, 0.3) is 0 Å². The zero-order chi connectivity index (χ0) is 14.4. The van der Waals surface area contributed by atoms with Gasteiger partial charge in [-0.05, 0) is 24.1 Å². The number of nitrogens with zero attached hydrogens (tertiary/aromatic N) is 1. The van der Waals surface area contributed by atoms with E-state index in [0.717, 1.165) is 5.56 Å². The summed E-state index contributed by atoms with van der Waals surface area (Å²) in [7, 11) is 0. The van der Waals surface area contributed by atoms with Crippen molar-refractivity contribution in [1.82, 2.24) is 0 Å². The maximum absolute atomic E-state index is 11.0. The summed E-state index contributed by atoms with van der Waals surface area (Å²) in [6, 6.07) is 6.94. The van der Waals surface area contributed by atoms with Crippen LogP contribution in [0.2, 0.25) is 0 Å². The van der Waals surface area contributed by atoms with Gasteiger partial charge < -0.3 is 21.5 Å². The van der Waals surface area contributed by atoms with Crippen molar-refractivity contribution in [3.05, 3.63) is 29.8 Å². The zero-order valence-corrected chi connectivity index (χ0v) is 10.9. The first-order valence-electron chi connectivity index (χ1n) is 6.03. The number of amides is 2. The van der Waals surface area contributed by atoms with Crippen LogP contribution in [0.4, 0.5) is 5.69 Å². The molecule has 0 aliphatic rings. The monoisotopic (exact) mass is 265 g/mol. The van der Waals surface area contributed by atoms with Crippen LogP contribution >= 0.6 is 0 Å². The van der Waals surface area contributed by atoms with E-state index in [4.69, 9.17) is 11.5 Å². The molecular weight excluding hydrogens is 246 g/mol. The molecule has 0 radical (unpaired) electrons. The van der Waals surface area contributed by atoms with Gasteiger partial charge in [0, 0.05) is 5.69 Å². The molecule has 0 bridgehead atoms. The fourth-order valence-corrected chi connectivity index (χ4v) is 1.76. The summed E-state index contributed by atoms with van der Waals surface area (Å²) in [6.07, 6.45) is 0.0980. The number of aliphatic hydroxyl groups excluding tert-OH is 1. The van der Waals surface area contributed by atoms with Gasteiger partial charge in [-0.15, -0.1) is 0 Å². The molecule has 0 fully saturated rings. The molecular formula is C13H19N3O3. The van der Waals surface area contributed by atoms with Crippen molar-refractivity contribution in [3.63, 3.8) is 0 Å². The predicted molar refractivity (Wildman–Crippen MR) is 72.3 cm³/mol. The Balaban J connectivity index is 2.89. The third-order valence-corrected chi connectivity index (χ3v) is 2.72. The largest absolute Gasteiger partial charge is 0.388 e. The van der Waals surface area contributed by atoms with E-state index in [1.807, 2.05) is 6.92 Å². The van der Waals surface area contributed by atoms with Gasteiger partial charge in [-0.25, -0.2) is 0 Å². The molecule has 0 saturated heterocycles. The minimum atomic E-state index is -0.543. The maximum atomic E-state index is 11.0. The second-order valence-corrected chi connectivity index (χ2v) is 4.30. The van der Waals surface area contributed by atoms with Gasteiger partial charge in [-0.1, -0.05) is 19.1 Å². The predicted octanol–water partition coefficient (Wildman–Crippen LogP) is -0.0930. The van der Waals surface area contributed by atoms with Gasteiger partial charge in [0.2, 0.25) is 11.8 Å². The highest BCUT2D eigenvalue weighted by Gasteiger charge is 2.13. The van der Waals surface area contributed by atoms with Crippen LogP contribution in [-0.2, 0) is 9.59 Å². The van der Waals surface area contributed by atoms with Crippen molar-refractivity contribution in [2.45, 2.75) is 19.4 Å². The molecule has 1 aromatic rings. The Bertz CT molecular complexity index is 429. The van der Waals surface area contributed by atoms with Crippen LogP contribution in [-0.4, -0.2) is 30.0 Å². The molecule has 1 aromatic carbocycles. The number of hydrogen-bond donors (Lipinski definition) is 3. The molecule has 0 aliphatic carbocycles. The highest BCUT2D eigenvalue weighted by molar-refractivity contribution is 5.84. The lowest BCUT2D eigenvalue weighted by Crippen LogP contribution is -2.39. The minimum Gasteiger partial charge on any atom is -0.388 e. The number of carbonyl (C=O) groups is 2. The number of benzene rings is 1. The standard InChI is InChI=1S/C13H19N3O3/c1-2-11(17)9-3-5-10(6-4-9)16(7-12(14)18)8-13(15)19/h3-6,11,17H,2,7-8H2,1H3,(H2,14,18)(H2,15,19). The lowest BCUT2D eigenvalue weighted by atomic mass is 10.1. The maximum Gasteiger partial charge on any atom is 0.236 e. The Labute approximate surface area is 112 Å². The van der Waals surface area contributed by atoms with E-state index in [9.17, 15) is 14.7 Å². The van der Waals surface area contributed by atoms with Gasteiger partial charge in [-0.2, -0.15) is 0 Å². The van der Waals surface area contributed by atoms with E-state index in [1.54, 1.807) is 24.3 Å². The number of rotatable bonds is 7. The lowest BCUT2D eigenvalue weighted by molar-refractivity contribution is -0.117. The Morgan fingerprint density at radius 2 is 1.63 bits per heavy atom. The van der Waals surface area contributed by atoms with E-state index < -0.39 is 17.9 Å². The summed E-state index contributed by atoms with van der Waals surface area (Å²) >= 11 is 0. The summed E-state index contributed by atoms with van der Waals surface area (Å²) in [5, 5.41) is 9.69. The molecule has 1 rings (SSSR count). The first-order valence-corrected chi connectivity index (χ1v) is 6.03. The van der Waals surface area contributed by atoms with Crippen LogP contribution in [0.25, 0.3) is 0 Å². The van der Waals surface area contributed by atoms with Crippen molar-refractivity contribution in [2.75, 3.05) is 18.0 Å². The van der Waals surface area contributed by atoms with E-state index in [2.05, 4.69) is 0 Å². The molecule has 0 aromatic heterocycles. The lowest BCUT2D eigenvalue weighted by Gasteiger charge is -2.22. The number of nitrogens with two attached hydrogens (primary N) is 2. The molecule has 2 amide bonds. The van der Waals surface area contributed by atoms with E-state index >= 15 is 0 Å². The smallest absolute Gasteiger partial charge is 0.236 e. The first-order chi connectivity index (χ1) is 8.93. The van der Waals surface area contributed by atoms with Crippen molar-refractivity contribution in [3.8, 4) is 0 Å². The van der Waals surface area contributed by atoms with E-state index in [0.29, 0.717) is 12.1 Å². The molecule has 5 N–H and O–H groups in total. The summed E-state index contributed by atoms with van der Waals surface area (Å²) < 4.78 is 0. The second kappa shape index (κ2) is 6.75. The van der Waals surface area contributed by atoms with Crippen LogP contribution < -0.4 is 16.4 Å². The average Bonchev–Trinajstić information content (AvgIpc) is 2.36. The number of hydrogen-bond acceptors (Lipinski definition) is 4. The van der Waals surface area contributed by atoms with Gasteiger partial charge in [-0.3, -0.25) is 9.59 Å². The molecule has 0 spiro atoms. The van der Waals surface area contributed by atoms with Crippen molar-refractivity contribution >= 4 is 17.5 Å². The van der Waals surface area contributed by atoms with Crippen LogP contribution in [0.1, 0.15) is 25.0 Å². The molecule has 104 valence electrons. The van der Waals surface area contributed by atoms with Crippen molar-refractivity contribution in [1.29, 1.82) is 0 Å².